The van der Waals surface area contributed by atoms with E-state index in [-0.39, 0.29) is 0 Å². The normalized spacial score (nSPS) is 21.7. The third kappa shape index (κ3) is 4.51. The second-order valence-electron chi connectivity index (χ2n) is 4.58. The van der Waals surface area contributed by atoms with E-state index in [4.69, 9.17) is 4.74 Å². The molecule has 1 aliphatic rings. The van der Waals surface area contributed by atoms with Crippen molar-refractivity contribution in [3.8, 4) is 0 Å². The third-order valence-electron chi connectivity index (χ3n) is 3.44. The van der Waals surface area contributed by atoms with Crippen LogP contribution in [0.4, 0.5) is 0 Å². The number of nitrogens with zero attached hydrogens (tertiary/aromatic N) is 1. The first-order valence-electron chi connectivity index (χ1n) is 6.71. The van der Waals surface area contributed by atoms with E-state index in [1.54, 1.807) is 7.11 Å². The Kier molecular flexibility index (Phi) is 6.97. The van der Waals surface area contributed by atoms with Gasteiger partial charge in [-0.3, -0.25) is 4.99 Å². The molecule has 0 radical (unpaired) electrons. The van der Waals surface area contributed by atoms with Crippen LogP contribution in [-0.4, -0.2) is 36.7 Å². The van der Waals surface area contributed by atoms with E-state index in [9.17, 15) is 0 Å². The largest absolute Gasteiger partial charge is 0.383 e. The van der Waals surface area contributed by atoms with Gasteiger partial charge in [0.2, 0.25) is 0 Å². The molecule has 2 unspecified atom stereocenters. The number of aliphatic imine (C=N–C) groups is 1. The number of rotatable bonds is 7. The minimum absolute atomic E-state index is 0.395. The van der Waals surface area contributed by atoms with Gasteiger partial charge >= 0.3 is 0 Å². The predicted molar refractivity (Wildman–Crippen MR) is 76.8 cm³/mol. The Balaban J connectivity index is 2.38. The SMILES string of the molecule is CCC(COC)NC1=NCC(C(CC)CC)S1. The minimum atomic E-state index is 0.395. The summed E-state index contributed by atoms with van der Waals surface area (Å²) in [5, 5.41) is 5.28. The molecule has 4 heteroatoms. The van der Waals surface area contributed by atoms with Gasteiger partial charge < -0.3 is 10.1 Å². The van der Waals surface area contributed by atoms with Gasteiger partial charge in [-0.2, -0.15) is 0 Å². The Morgan fingerprint density at radius 3 is 2.59 bits per heavy atom. The van der Waals surface area contributed by atoms with E-state index in [2.05, 4.69) is 31.1 Å². The van der Waals surface area contributed by atoms with Gasteiger partial charge in [-0.15, -0.1) is 0 Å². The molecule has 2 atom stereocenters. The second kappa shape index (κ2) is 7.98. The molecule has 1 rings (SSSR count). The molecule has 1 aliphatic heterocycles. The molecular weight excluding hydrogens is 232 g/mol. The summed E-state index contributed by atoms with van der Waals surface area (Å²) in [4.78, 5) is 4.62. The van der Waals surface area contributed by atoms with E-state index < -0.39 is 0 Å². The molecule has 0 amide bonds. The molecule has 100 valence electrons. The smallest absolute Gasteiger partial charge is 0.157 e. The zero-order valence-electron chi connectivity index (χ0n) is 11.5. The van der Waals surface area contributed by atoms with Crippen molar-refractivity contribution >= 4 is 16.9 Å². The fraction of sp³-hybridized carbons (Fsp3) is 0.923. The van der Waals surface area contributed by atoms with Gasteiger partial charge in [-0.1, -0.05) is 45.4 Å². The number of ether oxygens (including phenoxy) is 1. The van der Waals surface area contributed by atoms with Crippen LogP contribution in [0.2, 0.25) is 0 Å². The maximum atomic E-state index is 5.20. The lowest BCUT2D eigenvalue weighted by Crippen LogP contribution is -2.35. The molecule has 0 saturated heterocycles. The standard InChI is InChI=1S/C13H26N2OS/c1-5-10(6-2)12-8-14-13(17-12)15-11(7-3)9-16-4/h10-12H,5-9H2,1-4H3,(H,14,15). The van der Waals surface area contributed by atoms with Crippen molar-refractivity contribution in [2.45, 2.75) is 51.3 Å². The molecule has 1 N–H and O–H groups in total. The number of hydrogen-bond donors (Lipinski definition) is 1. The van der Waals surface area contributed by atoms with Crippen molar-refractivity contribution in [1.29, 1.82) is 0 Å². The van der Waals surface area contributed by atoms with Crippen LogP contribution in [-0.2, 0) is 4.74 Å². The molecule has 0 aromatic heterocycles. The van der Waals surface area contributed by atoms with Crippen LogP contribution >= 0.6 is 11.8 Å². The summed E-state index contributed by atoms with van der Waals surface area (Å²) < 4.78 is 5.20. The molecule has 0 bridgehead atoms. The molecule has 0 aromatic rings. The minimum Gasteiger partial charge on any atom is -0.383 e. The first-order valence-corrected chi connectivity index (χ1v) is 7.59. The summed E-state index contributed by atoms with van der Waals surface area (Å²) in [5.41, 5.74) is 0. The van der Waals surface area contributed by atoms with Gasteiger partial charge in [0.05, 0.1) is 19.2 Å². The monoisotopic (exact) mass is 258 g/mol. The highest BCUT2D eigenvalue weighted by molar-refractivity contribution is 8.14. The lowest BCUT2D eigenvalue weighted by atomic mass is 9.99. The Hall–Kier alpha value is -0.220. The fourth-order valence-electron chi connectivity index (χ4n) is 2.17. The Bertz CT molecular complexity index is 242. The maximum Gasteiger partial charge on any atom is 0.157 e. The van der Waals surface area contributed by atoms with Gasteiger partial charge in [0.1, 0.15) is 0 Å². The highest BCUT2D eigenvalue weighted by Crippen LogP contribution is 2.30. The highest BCUT2D eigenvalue weighted by atomic mass is 32.2. The van der Waals surface area contributed by atoms with Gasteiger partial charge in [0.25, 0.3) is 0 Å². The van der Waals surface area contributed by atoms with Crippen LogP contribution in [0.25, 0.3) is 0 Å². The summed E-state index contributed by atoms with van der Waals surface area (Å²) in [6.07, 6.45) is 3.58. The molecule has 3 nitrogen and oxygen atoms in total. The molecule has 1 heterocycles. The van der Waals surface area contributed by atoms with E-state index in [0.29, 0.717) is 11.3 Å². The van der Waals surface area contributed by atoms with Crippen LogP contribution in [0.5, 0.6) is 0 Å². The number of thioether (sulfide) groups is 1. The first-order chi connectivity index (χ1) is 8.24. The highest BCUT2D eigenvalue weighted by Gasteiger charge is 2.26. The Labute approximate surface area is 110 Å². The zero-order chi connectivity index (χ0) is 12.7. The van der Waals surface area contributed by atoms with Crippen molar-refractivity contribution in [2.75, 3.05) is 20.3 Å². The van der Waals surface area contributed by atoms with Crippen LogP contribution in [0.3, 0.4) is 0 Å². The van der Waals surface area contributed by atoms with Crippen LogP contribution in [0.1, 0.15) is 40.0 Å². The molecule has 0 aromatic carbocycles. The molecule has 0 fully saturated rings. The Morgan fingerprint density at radius 2 is 2.06 bits per heavy atom. The van der Waals surface area contributed by atoms with Crippen molar-refractivity contribution in [3.05, 3.63) is 0 Å². The van der Waals surface area contributed by atoms with Crippen LogP contribution in [0, 0.1) is 5.92 Å². The van der Waals surface area contributed by atoms with Crippen molar-refractivity contribution < 1.29 is 4.74 Å². The van der Waals surface area contributed by atoms with E-state index >= 15 is 0 Å². The molecule has 0 spiro atoms. The first kappa shape index (κ1) is 14.8. The number of nitrogens with one attached hydrogen (secondary N) is 1. The maximum absolute atomic E-state index is 5.20. The average Bonchev–Trinajstić information content (AvgIpc) is 2.79. The van der Waals surface area contributed by atoms with Gasteiger partial charge in [-0.25, -0.2) is 0 Å². The molecule has 17 heavy (non-hydrogen) atoms. The molecule has 0 aliphatic carbocycles. The third-order valence-corrected chi connectivity index (χ3v) is 4.75. The Morgan fingerprint density at radius 1 is 1.35 bits per heavy atom. The summed E-state index contributed by atoms with van der Waals surface area (Å²) in [5.74, 6) is 0.797. The van der Waals surface area contributed by atoms with Gasteiger partial charge in [-0.05, 0) is 12.3 Å². The quantitative estimate of drug-likeness (QED) is 0.762. The number of amidine groups is 1. The van der Waals surface area contributed by atoms with Crippen molar-refractivity contribution in [2.24, 2.45) is 10.9 Å². The van der Waals surface area contributed by atoms with Gasteiger partial charge in [0.15, 0.2) is 5.17 Å². The summed E-state index contributed by atoms with van der Waals surface area (Å²) in [6, 6.07) is 0.395. The van der Waals surface area contributed by atoms with Crippen LogP contribution in [0.15, 0.2) is 4.99 Å². The summed E-state index contributed by atoms with van der Waals surface area (Å²) in [7, 11) is 1.75. The number of hydrogen-bond acceptors (Lipinski definition) is 4. The number of methoxy groups -OCH3 is 1. The average molecular weight is 258 g/mol. The van der Waals surface area contributed by atoms with Gasteiger partial charge in [0, 0.05) is 12.4 Å². The van der Waals surface area contributed by atoms with Crippen molar-refractivity contribution in [1.82, 2.24) is 5.32 Å². The predicted octanol–water partition coefficient (Wildman–Crippen LogP) is 2.91. The topological polar surface area (TPSA) is 33.6 Å². The zero-order valence-corrected chi connectivity index (χ0v) is 12.3. The molecular formula is C13H26N2OS. The van der Waals surface area contributed by atoms with Crippen LogP contribution < -0.4 is 5.32 Å². The second-order valence-corrected chi connectivity index (χ2v) is 5.81. The summed E-state index contributed by atoms with van der Waals surface area (Å²) >= 11 is 1.92. The molecule has 0 saturated carbocycles. The van der Waals surface area contributed by atoms with Crippen molar-refractivity contribution in [3.63, 3.8) is 0 Å². The summed E-state index contributed by atoms with van der Waals surface area (Å²) in [6.45, 7) is 8.46. The lowest BCUT2D eigenvalue weighted by Gasteiger charge is -2.20. The van der Waals surface area contributed by atoms with E-state index in [1.807, 2.05) is 11.8 Å². The fourth-order valence-corrected chi connectivity index (χ4v) is 3.56. The van der Waals surface area contributed by atoms with E-state index in [1.165, 1.54) is 12.8 Å². The van der Waals surface area contributed by atoms with E-state index in [0.717, 1.165) is 30.7 Å². The lowest BCUT2D eigenvalue weighted by molar-refractivity contribution is 0.172.